The molecule has 1 rings (SSSR count). The molecule has 0 bridgehead atoms. The van der Waals surface area contributed by atoms with Crippen LogP contribution in [-0.2, 0) is 16.0 Å². The Morgan fingerprint density at radius 1 is 1.35 bits per heavy atom. The van der Waals surface area contributed by atoms with Crippen LogP contribution >= 0.6 is 11.6 Å². The first-order valence-electron chi connectivity index (χ1n) is 5.79. The Morgan fingerprint density at radius 3 is 2.50 bits per heavy atom. The van der Waals surface area contributed by atoms with Crippen molar-refractivity contribution in [3.05, 3.63) is 28.5 Å². The molecule has 3 N–H and O–H groups in total. The van der Waals surface area contributed by atoms with Gasteiger partial charge in [-0.3, -0.25) is 14.4 Å². The Kier molecular flexibility index (Phi) is 5.45. The molecule has 108 valence electrons. The van der Waals surface area contributed by atoms with E-state index in [0.29, 0.717) is 12.1 Å². The highest BCUT2D eigenvalue weighted by atomic mass is 35.5. The van der Waals surface area contributed by atoms with E-state index >= 15 is 0 Å². The first-order chi connectivity index (χ1) is 9.33. The van der Waals surface area contributed by atoms with E-state index in [1.54, 1.807) is 0 Å². The highest BCUT2D eigenvalue weighted by Gasteiger charge is 2.21. The molecule has 0 fully saturated rings. The van der Waals surface area contributed by atoms with Gasteiger partial charge in [0, 0.05) is 11.3 Å². The fourth-order valence-electron chi connectivity index (χ4n) is 1.59. The lowest BCUT2D eigenvalue weighted by Gasteiger charge is -2.19. The largest absolute Gasteiger partial charge is 0.480 e. The molecule has 0 aromatic carbocycles. The number of carbonyl (C=O) groups excluding carboxylic acids is 2. The molecule has 0 aliphatic carbocycles. The van der Waals surface area contributed by atoms with Crippen molar-refractivity contribution in [3.63, 3.8) is 0 Å². The molecule has 0 aliphatic rings. The number of carboxylic acids is 1. The molecule has 0 saturated carbocycles. The average Bonchev–Trinajstić information content (AvgIpc) is 2.35. The number of halogens is 1. The van der Waals surface area contributed by atoms with Crippen LogP contribution in [0.4, 0.5) is 0 Å². The number of hydrogen-bond donors (Lipinski definition) is 2. The molecule has 8 heteroatoms. The molecule has 1 heterocycles. The highest BCUT2D eigenvalue weighted by Crippen LogP contribution is 2.13. The number of aryl methyl sites for hydroxylation is 1. The van der Waals surface area contributed by atoms with Gasteiger partial charge in [-0.2, -0.15) is 0 Å². The summed E-state index contributed by atoms with van der Waals surface area (Å²) in [4.78, 5) is 38.7. The second kappa shape index (κ2) is 6.85. The normalized spacial score (nSPS) is 10.1. The van der Waals surface area contributed by atoms with E-state index in [2.05, 4.69) is 4.98 Å². The minimum Gasteiger partial charge on any atom is -0.480 e. The molecule has 0 unspecified atom stereocenters. The topological polar surface area (TPSA) is 114 Å². The molecule has 7 nitrogen and oxygen atoms in total. The van der Waals surface area contributed by atoms with Crippen LogP contribution in [-0.4, -0.2) is 45.9 Å². The van der Waals surface area contributed by atoms with Crippen LogP contribution in [0.15, 0.2) is 12.1 Å². The molecule has 1 aromatic heterocycles. The van der Waals surface area contributed by atoms with E-state index in [1.807, 2.05) is 6.92 Å². The molecule has 0 radical (unpaired) electrons. The van der Waals surface area contributed by atoms with Gasteiger partial charge in [-0.15, -0.1) is 0 Å². The van der Waals surface area contributed by atoms with Gasteiger partial charge >= 0.3 is 5.97 Å². The minimum absolute atomic E-state index is 0.127. The van der Waals surface area contributed by atoms with Crippen LogP contribution in [0.1, 0.15) is 23.0 Å². The van der Waals surface area contributed by atoms with Gasteiger partial charge in [-0.25, -0.2) is 4.98 Å². The van der Waals surface area contributed by atoms with Gasteiger partial charge in [0.2, 0.25) is 5.91 Å². The monoisotopic (exact) mass is 299 g/mol. The van der Waals surface area contributed by atoms with Gasteiger partial charge in [0.05, 0.1) is 0 Å². The number of rotatable bonds is 6. The third-order valence-electron chi connectivity index (χ3n) is 2.42. The fourth-order valence-corrected chi connectivity index (χ4v) is 1.82. The number of pyridine rings is 1. The number of nitrogens with zero attached hydrogens (tertiary/aromatic N) is 2. The van der Waals surface area contributed by atoms with Gasteiger partial charge in [0.1, 0.15) is 18.2 Å². The second-order valence-electron chi connectivity index (χ2n) is 4.04. The quantitative estimate of drug-likeness (QED) is 0.734. The zero-order valence-corrected chi connectivity index (χ0v) is 11.6. The lowest BCUT2D eigenvalue weighted by Crippen LogP contribution is -2.41. The summed E-state index contributed by atoms with van der Waals surface area (Å²) >= 11 is 5.80. The summed E-state index contributed by atoms with van der Waals surface area (Å²) in [5, 5.41) is 8.89. The molecular weight excluding hydrogens is 286 g/mol. The zero-order chi connectivity index (χ0) is 15.3. The molecule has 2 amide bonds. The van der Waals surface area contributed by atoms with Crippen molar-refractivity contribution in [2.75, 3.05) is 13.1 Å². The lowest BCUT2D eigenvalue weighted by atomic mass is 10.1. The first-order valence-corrected chi connectivity index (χ1v) is 6.17. The van der Waals surface area contributed by atoms with Crippen LogP contribution in [0.3, 0.4) is 0 Å². The number of hydrogen-bond acceptors (Lipinski definition) is 4. The number of carboxylic acid groups (broad SMARTS) is 1. The van der Waals surface area contributed by atoms with E-state index in [9.17, 15) is 14.4 Å². The van der Waals surface area contributed by atoms with E-state index in [-0.39, 0.29) is 10.7 Å². The molecular formula is C12H14ClN3O4. The Labute approximate surface area is 120 Å². The van der Waals surface area contributed by atoms with Crippen molar-refractivity contribution in [3.8, 4) is 0 Å². The third-order valence-corrected chi connectivity index (χ3v) is 2.61. The Morgan fingerprint density at radius 2 is 2.00 bits per heavy atom. The summed E-state index contributed by atoms with van der Waals surface area (Å²) in [5.41, 5.74) is 5.77. The maximum absolute atomic E-state index is 12.2. The van der Waals surface area contributed by atoms with Gasteiger partial charge in [-0.1, -0.05) is 18.5 Å². The maximum Gasteiger partial charge on any atom is 0.323 e. The summed E-state index contributed by atoms with van der Waals surface area (Å²) in [6, 6.07) is 2.82. The SMILES string of the molecule is CCc1cc(C(=O)N(CC(N)=O)CC(=O)O)cc(Cl)n1. The lowest BCUT2D eigenvalue weighted by molar-refractivity contribution is -0.138. The summed E-state index contributed by atoms with van der Waals surface area (Å²) in [7, 11) is 0. The zero-order valence-electron chi connectivity index (χ0n) is 10.8. The summed E-state index contributed by atoms with van der Waals surface area (Å²) in [6.07, 6.45) is 0.565. The second-order valence-corrected chi connectivity index (χ2v) is 4.43. The summed E-state index contributed by atoms with van der Waals surface area (Å²) in [5.74, 6) is -2.67. The third kappa shape index (κ3) is 4.51. The van der Waals surface area contributed by atoms with Crippen LogP contribution in [0.2, 0.25) is 5.15 Å². The Balaban J connectivity index is 3.07. The van der Waals surface area contributed by atoms with Crippen molar-refractivity contribution in [1.29, 1.82) is 0 Å². The summed E-state index contributed by atoms with van der Waals surface area (Å²) < 4.78 is 0. The van der Waals surface area contributed by atoms with E-state index in [1.165, 1.54) is 12.1 Å². The van der Waals surface area contributed by atoms with Crippen molar-refractivity contribution in [2.24, 2.45) is 5.73 Å². The molecule has 1 aromatic rings. The molecule has 0 atom stereocenters. The Bertz CT molecular complexity index is 532. The van der Waals surface area contributed by atoms with E-state index in [4.69, 9.17) is 22.4 Å². The van der Waals surface area contributed by atoms with Crippen LogP contribution in [0, 0.1) is 0 Å². The first kappa shape index (κ1) is 15.9. The van der Waals surface area contributed by atoms with Gasteiger partial charge in [0.15, 0.2) is 0 Å². The number of aliphatic carboxylic acids is 1. The van der Waals surface area contributed by atoms with Crippen LogP contribution in [0.25, 0.3) is 0 Å². The Hall–Kier alpha value is -2.15. The van der Waals surface area contributed by atoms with Crippen molar-refractivity contribution < 1.29 is 19.5 Å². The van der Waals surface area contributed by atoms with E-state index < -0.39 is 30.9 Å². The van der Waals surface area contributed by atoms with Crippen LogP contribution < -0.4 is 5.73 Å². The number of carbonyl (C=O) groups is 3. The van der Waals surface area contributed by atoms with Gasteiger partial charge in [-0.05, 0) is 18.6 Å². The molecule has 0 spiro atoms. The molecule has 20 heavy (non-hydrogen) atoms. The highest BCUT2D eigenvalue weighted by molar-refractivity contribution is 6.29. The number of aromatic nitrogens is 1. The van der Waals surface area contributed by atoms with Crippen molar-refractivity contribution in [2.45, 2.75) is 13.3 Å². The average molecular weight is 300 g/mol. The van der Waals surface area contributed by atoms with Crippen LogP contribution in [0.5, 0.6) is 0 Å². The number of primary amides is 1. The van der Waals surface area contributed by atoms with Gasteiger partial charge in [0.25, 0.3) is 5.91 Å². The predicted octanol–water partition coefficient (Wildman–Crippen LogP) is 0.309. The number of amides is 2. The molecule has 0 saturated heterocycles. The maximum atomic E-state index is 12.2. The predicted molar refractivity (Wildman–Crippen MR) is 71.4 cm³/mol. The number of nitrogens with two attached hydrogens (primary N) is 1. The standard InChI is InChI=1S/C12H14ClN3O4/c1-2-8-3-7(4-9(13)15-8)12(20)16(5-10(14)17)6-11(18)19/h3-4H,2,5-6H2,1H3,(H2,14,17)(H,18,19). The van der Waals surface area contributed by atoms with Crippen molar-refractivity contribution >= 4 is 29.4 Å². The minimum atomic E-state index is -1.24. The smallest absolute Gasteiger partial charge is 0.323 e. The van der Waals surface area contributed by atoms with Crippen molar-refractivity contribution in [1.82, 2.24) is 9.88 Å². The van der Waals surface area contributed by atoms with E-state index in [0.717, 1.165) is 4.90 Å². The molecule has 0 aliphatic heterocycles. The van der Waals surface area contributed by atoms with Gasteiger partial charge < -0.3 is 15.7 Å². The fraction of sp³-hybridized carbons (Fsp3) is 0.333. The summed E-state index contributed by atoms with van der Waals surface area (Å²) in [6.45, 7) is 0.737.